The minimum absolute atomic E-state index is 0.0721. The molecule has 0 bridgehead atoms. The monoisotopic (exact) mass is 460 g/mol. The van der Waals surface area contributed by atoms with Gasteiger partial charge in [0.15, 0.2) is 0 Å². The SMILES string of the molecule is CNCC[C@H](Oc1ccccc1CN1CCN(Cc2ccc(C#N)cc2)CC1)c1cccs1. The number of rotatable bonds is 10. The van der Waals surface area contributed by atoms with E-state index in [-0.39, 0.29) is 6.10 Å². The van der Waals surface area contributed by atoms with Crippen molar-refractivity contribution < 1.29 is 4.74 Å². The van der Waals surface area contributed by atoms with Gasteiger partial charge in [-0.15, -0.1) is 11.3 Å². The first-order valence-electron chi connectivity index (χ1n) is 11.6. The molecule has 0 spiro atoms. The normalized spacial score (nSPS) is 15.8. The molecule has 0 saturated carbocycles. The van der Waals surface area contributed by atoms with Gasteiger partial charge in [-0.25, -0.2) is 0 Å². The largest absolute Gasteiger partial charge is 0.485 e. The van der Waals surface area contributed by atoms with E-state index in [1.807, 2.05) is 19.2 Å². The van der Waals surface area contributed by atoms with Crippen LogP contribution in [0.2, 0.25) is 0 Å². The molecule has 33 heavy (non-hydrogen) atoms. The molecule has 5 nitrogen and oxygen atoms in total. The van der Waals surface area contributed by atoms with Crippen LogP contribution in [0.1, 0.15) is 34.1 Å². The zero-order chi connectivity index (χ0) is 22.9. The number of para-hydroxylation sites is 1. The van der Waals surface area contributed by atoms with Crippen molar-refractivity contribution in [2.75, 3.05) is 39.8 Å². The number of nitrogens with one attached hydrogen (secondary N) is 1. The molecule has 1 saturated heterocycles. The van der Waals surface area contributed by atoms with Crippen molar-refractivity contribution in [2.45, 2.75) is 25.6 Å². The molecule has 1 aliphatic rings. The molecule has 0 aliphatic carbocycles. The second-order valence-electron chi connectivity index (χ2n) is 8.48. The first-order valence-corrected chi connectivity index (χ1v) is 12.5. The van der Waals surface area contributed by atoms with Gasteiger partial charge in [-0.3, -0.25) is 9.80 Å². The second kappa shape index (κ2) is 12.0. The maximum Gasteiger partial charge on any atom is 0.134 e. The van der Waals surface area contributed by atoms with Crippen LogP contribution in [0.5, 0.6) is 5.75 Å². The summed E-state index contributed by atoms with van der Waals surface area (Å²) in [5.41, 5.74) is 3.24. The summed E-state index contributed by atoms with van der Waals surface area (Å²) in [6.07, 6.45) is 1.02. The number of nitrogens with zero attached hydrogens (tertiary/aromatic N) is 3. The quantitative estimate of drug-likeness (QED) is 0.477. The van der Waals surface area contributed by atoms with Gasteiger partial charge in [-0.2, -0.15) is 5.26 Å². The molecular formula is C27H32N4OS. The number of nitriles is 1. The Hall–Kier alpha value is -2.69. The van der Waals surface area contributed by atoms with Crippen LogP contribution in [0, 0.1) is 11.3 Å². The molecule has 172 valence electrons. The number of hydrogen-bond donors (Lipinski definition) is 1. The molecule has 1 atom stereocenters. The van der Waals surface area contributed by atoms with Gasteiger partial charge in [-0.1, -0.05) is 36.4 Å². The molecule has 1 aromatic heterocycles. The fourth-order valence-corrected chi connectivity index (χ4v) is 4.99. The Morgan fingerprint density at radius 2 is 1.70 bits per heavy atom. The maximum atomic E-state index is 8.98. The van der Waals surface area contributed by atoms with E-state index >= 15 is 0 Å². The lowest BCUT2D eigenvalue weighted by Crippen LogP contribution is -2.45. The molecule has 1 N–H and O–H groups in total. The first-order chi connectivity index (χ1) is 16.2. The molecule has 1 fully saturated rings. The van der Waals surface area contributed by atoms with Crippen molar-refractivity contribution in [3.8, 4) is 11.8 Å². The number of thiophene rings is 1. The minimum Gasteiger partial charge on any atom is -0.485 e. The van der Waals surface area contributed by atoms with Gasteiger partial charge in [0.05, 0.1) is 11.6 Å². The molecule has 3 aromatic rings. The highest BCUT2D eigenvalue weighted by atomic mass is 32.1. The molecule has 4 rings (SSSR count). The van der Waals surface area contributed by atoms with Crippen LogP contribution in [0.4, 0.5) is 0 Å². The van der Waals surface area contributed by atoms with Crippen molar-refractivity contribution in [2.24, 2.45) is 0 Å². The summed E-state index contributed by atoms with van der Waals surface area (Å²) in [6.45, 7) is 6.94. The zero-order valence-corrected chi connectivity index (χ0v) is 20.1. The second-order valence-corrected chi connectivity index (χ2v) is 9.46. The van der Waals surface area contributed by atoms with Crippen LogP contribution in [0.3, 0.4) is 0 Å². The Labute approximate surface area is 201 Å². The zero-order valence-electron chi connectivity index (χ0n) is 19.2. The van der Waals surface area contributed by atoms with Crippen LogP contribution in [-0.4, -0.2) is 49.6 Å². The van der Waals surface area contributed by atoms with Gasteiger partial charge in [0.2, 0.25) is 0 Å². The average molecular weight is 461 g/mol. The molecule has 6 heteroatoms. The van der Waals surface area contributed by atoms with E-state index in [9.17, 15) is 0 Å². The summed E-state index contributed by atoms with van der Waals surface area (Å²) in [5.74, 6) is 0.993. The standard InChI is InChI=1S/C27H32N4OS/c1-29-13-12-26(27-7-4-18-33-27)32-25-6-3-2-5-24(25)21-31-16-14-30(15-17-31)20-23-10-8-22(19-28)9-11-23/h2-11,18,26,29H,12-17,20-21H2,1H3/t26-/m0/s1. The molecule has 0 radical (unpaired) electrons. The van der Waals surface area contributed by atoms with E-state index in [4.69, 9.17) is 10.00 Å². The van der Waals surface area contributed by atoms with Crippen LogP contribution < -0.4 is 10.1 Å². The van der Waals surface area contributed by atoms with Crippen molar-refractivity contribution in [3.05, 3.63) is 87.6 Å². The molecule has 2 heterocycles. The van der Waals surface area contributed by atoms with E-state index < -0.39 is 0 Å². The predicted molar refractivity (Wildman–Crippen MR) is 134 cm³/mol. The third-order valence-corrected chi connectivity index (χ3v) is 7.07. The number of piperazine rings is 1. The number of ether oxygens (including phenoxy) is 1. The highest BCUT2D eigenvalue weighted by Crippen LogP contribution is 2.30. The van der Waals surface area contributed by atoms with E-state index in [0.29, 0.717) is 0 Å². The number of benzene rings is 2. The highest BCUT2D eigenvalue weighted by molar-refractivity contribution is 7.10. The average Bonchev–Trinajstić information content (AvgIpc) is 3.39. The topological polar surface area (TPSA) is 51.5 Å². The van der Waals surface area contributed by atoms with Crippen molar-refractivity contribution >= 4 is 11.3 Å². The Kier molecular flexibility index (Phi) is 8.51. The van der Waals surface area contributed by atoms with Crippen LogP contribution in [0.15, 0.2) is 66.0 Å². The van der Waals surface area contributed by atoms with E-state index in [1.54, 1.807) is 11.3 Å². The van der Waals surface area contributed by atoms with E-state index in [2.05, 4.69) is 75.1 Å². The van der Waals surface area contributed by atoms with Crippen molar-refractivity contribution in [3.63, 3.8) is 0 Å². The fraction of sp³-hybridized carbons (Fsp3) is 0.370. The first kappa shape index (κ1) is 23.5. The summed E-state index contributed by atoms with van der Waals surface area (Å²) in [5, 5.41) is 14.3. The summed E-state index contributed by atoms with van der Waals surface area (Å²) in [7, 11) is 1.99. The Balaban J connectivity index is 1.34. The van der Waals surface area contributed by atoms with Gasteiger partial charge >= 0.3 is 0 Å². The third kappa shape index (κ3) is 6.66. The van der Waals surface area contributed by atoms with Crippen LogP contribution in [0.25, 0.3) is 0 Å². The van der Waals surface area contributed by atoms with Crippen molar-refractivity contribution in [1.29, 1.82) is 5.26 Å². The summed E-state index contributed by atoms with van der Waals surface area (Å²) >= 11 is 1.76. The van der Waals surface area contributed by atoms with Gasteiger partial charge in [0.1, 0.15) is 11.9 Å². The third-order valence-electron chi connectivity index (χ3n) is 6.11. The smallest absolute Gasteiger partial charge is 0.134 e. The van der Waals surface area contributed by atoms with Crippen LogP contribution >= 0.6 is 11.3 Å². The lowest BCUT2D eigenvalue weighted by atomic mass is 10.1. The molecule has 2 aromatic carbocycles. The summed E-state index contributed by atoms with van der Waals surface area (Å²) in [6, 6.07) is 22.9. The molecule has 0 amide bonds. The van der Waals surface area contributed by atoms with Gasteiger partial charge in [0, 0.05) is 56.1 Å². The fourth-order valence-electron chi connectivity index (χ4n) is 4.20. The molecule has 0 unspecified atom stereocenters. The van der Waals surface area contributed by atoms with Gasteiger partial charge in [0.25, 0.3) is 0 Å². The Morgan fingerprint density at radius 1 is 0.970 bits per heavy atom. The highest BCUT2D eigenvalue weighted by Gasteiger charge is 2.20. The van der Waals surface area contributed by atoms with Gasteiger partial charge in [-0.05, 0) is 48.8 Å². The Morgan fingerprint density at radius 3 is 2.36 bits per heavy atom. The number of hydrogen-bond acceptors (Lipinski definition) is 6. The van der Waals surface area contributed by atoms with Crippen molar-refractivity contribution in [1.82, 2.24) is 15.1 Å². The van der Waals surface area contributed by atoms with E-state index in [1.165, 1.54) is 16.0 Å². The molecular weight excluding hydrogens is 428 g/mol. The predicted octanol–water partition coefficient (Wildman–Crippen LogP) is 4.67. The minimum atomic E-state index is 0.0721. The lowest BCUT2D eigenvalue weighted by molar-refractivity contribution is 0.119. The summed E-state index contributed by atoms with van der Waals surface area (Å²) < 4.78 is 6.56. The maximum absolute atomic E-state index is 8.98. The summed E-state index contributed by atoms with van der Waals surface area (Å²) in [4.78, 5) is 6.28. The Bertz CT molecular complexity index is 1020. The van der Waals surface area contributed by atoms with Gasteiger partial charge < -0.3 is 10.1 Å². The van der Waals surface area contributed by atoms with Crippen LogP contribution in [-0.2, 0) is 13.1 Å². The lowest BCUT2D eigenvalue weighted by Gasteiger charge is -2.35. The molecule has 1 aliphatic heterocycles. The van der Waals surface area contributed by atoms with E-state index in [0.717, 1.165) is 63.5 Å².